The van der Waals surface area contributed by atoms with Gasteiger partial charge in [-0.1, -0.05) is 32.8 Å². The second kappa shape index (κ2) is 8.10. The van der Waals surface area contributed by atoms with Gasteiger partial charge >= 0.3 is 0 Å². The molecule has 128 valence electrons. The fourth-order valence-corrected chi connectivity index (χ4v) is 3.42. The Labute approximate surface area is 137 Å². The summed E-state index contributed by atoms with van der Waals surface area (Å²) in [6.45, 7) is 3.99. The highest BCUT2D eigenvalue weighted by molar-refractivity contribution is 7.90. The molecule has 1 rings (SSSR count). The Bertz CT molecular complexity index is 706. The van der Waals surface area contributed by atoms with E-state index in [9.17, 15) is 13.2 Å². The maximum Gasteiger partial charge on any atom is 0.280 e. The average Bonchev–Trinajstić information content (AvgIpc) is 2.44. The van der Waals surface area contributed by atoms with E-state index in [-0.39, 0.29) is 16.4 Å². The van der Waals surface area contributed by atoms with Crippen molar-refractivity contribution in [3.05, 3.63) is 28.8 Å². The van der Waals surface area contributed by atoms with Crippen molar-refractivity contribution in [1.82, 2.24) is 0 Å². The second-order valence-electron chi connectivity index (χ2n) is 5.54. The molecule has 0 spiro atoms. The third-order valence-electron chi connectivity index (χ3n) is 3.58. The molecule has 4 N–H and O–H groups in total. The summed E-state index contributed by atoms with van der Waals surface area (Å²) in [6.07, 6.45) is 5.39. The van der Waals surface area contributed by atoms with Gasteiger partial charge in [0.1, 0.15) is 0 Å². The second-order valence-corrected chi connectivity index (χ2v) is 7.53. The van der Waals surface area contributed by atoms with Crippen molar-refractivity contribution in [2.24, 2.45) is 16.5 Å². The summed E-state index contributed by atoms with van der Waals surface area (Å²) >= 11 is 0. The van der Waals surface area contributed by atoms with Crippen LogP contribution in [0.25, 0.3) is 0 Å². The number of hydrogen-bond donors (Lipinski definition) is 2. The molecule has 0 aromatic heterocycles. The van der Waals surface area contributed by atoms with E-state index in [1.54, 1.807) is 6.07 Å². The number of aliphatic imine (C=N–C) groups is 1. The van der Waals surface area contributed by atoms with E-state index >= 15 is 0 Å². The van der Waals surface area contributed by atoms with Crippen LogP contribution in [0.4, 0.5) is 0 Å². The van der Waals surface area contributed by atoms with Crippen LogP contribution in [-0.2, 0) is 22.7 Å². The number of guanidine groups is 1. The Balaban J connectivity index is 3.45. The first-order chi connectivity index (χ1) is 10.7. The number of sulfone groups is 1. The van der Waals surface area contributed by atoms with E-state index in [0.717, 1.165) is 36.6 Å². The quantitative estimate of drug-likeness (QED) is 0.446. The molecule has 0 bridgehead atoms. The van der Waals surface area contributed by atoms with Crippen LogP contribution in [0.2, 0.25) is 0 Å². The molecule has 7 heteroatoms. The van der Waals surface area contributed by atoms with Crippen LogP contribution in [0.3, 0.4) is 0 Å². The minimum atomic E-state index is -3.44. The zero-order valence-electron chi connectivity index (χ0n) is 13.9. The van der Waals surface area contributed by atoms with Crippen molar-refractivity contribution < 1.29 is 13.2 Å². The summed E-state index contributed by atoms with van der Waals surface area (Å²) in [4.78, 5) is 15.8. The fraction of sp³-hybridized carbons (Fsp3) is 0.500. The summed E-state index contributed by atoms with van der Waals surface area (Å²) in [5.41, 5.74) is 12.2. The molecular formula is C16H25N3O3S. The normalized spacial score (nSPS) is 11.3. The van der Waals surface area contributed by atoms with Crippen LogP contribution in [0.15, 0.2) is 22.0 Å². The molecule has 0 atom stereocenters. The lowest BCUT2D eigenvalue weighted by Gasteiger charge is -2.13. The topological polar surface area (TPSA) is 116 Å². The molecule has 1 aromatic carbocycles. The average molecular weight is 339 g/mol. The van der Waals surface area contributed by atoms with Crippen molar-refractivity contribution in [3.63, 3.8) is 0 Å². The highest BCUT2D eigenvalue weighted by Crippen LogP contribution is 2.24. The highest BCUT2D eigenvalue weighted by atomic mass is 32.2. The fourth-order valence-electron chi connectivity index (χ4n) is 2.45. The molecule has 1 amide bonds. The summed E-state index contributed by atoms with van der Waals surface area (Å²) in [5, 5.41) is 0. The maximum atomic E-state index is 12.1. The number of nitrogens with zero attached hydrogens (tertiary/aromatic N) is 1. The number of unbranched alkanes of at least 4 members (excludes halogenated alkanes) is 2. The minimum absolute atomic E-state index is 0.181. The molecule has 0 aliphatic heterocycles. The molecule has 0 radical (unpaired) electrons. The largest absolute Gasteiger partial charge is 0.370 e. The number of carbonyl (C=O) groups is 1. The Morgan fingerprint density at radius 1 is 1.13 bits per heavy atom. The number of benzene rings is 1. The summed E-state index contributed by atoms with van der Waals surface area (Å²) in [6, 6.07) is 3.20. The SMILES string of the molecule is CCCCCc1cc(CC)c(C(=O)N=C(N)N)cc1S(C)(=O)=O. The van der Waals surface area contributed by atoms with E-state index < -0.39 is 15.7 Å². The smallest absolute Gasteiger partial charge is 0.280 e. The molecule has 0 saturated heterocycles. The van der Waals surface area contributed by atoms with Crippen LogP contribution >= 0.6 is 0 Å². The zero-order chi connectivity index (χ0) is 17.6. The van der Waals surface area contributed by atoms with Crippen molar-refractivity contribution in [3.8, 4) is 0 Å². The van der Waals surface area contributed by atoms with Gasteiger partial charge in [-0.2, -0.15) is 4.99 Å². The molecule has 0 heterocycles. The Morgan fingerprint density at radius 2 is 1.78 bits per heavy atom. The van der Waals surface area contributed by atoms with E-state index in [0.29, 0.717) is 12.8 Å². The monoisotopic (exact) mass is 339 g/mol. The predicted molar refractivity (Wildman–Crippen MR) is 92.3 cm³/mol. The van der Waals surface area contributed by atoms with Gasteiger partial charge in [0.15, 0.2) is 15.8 Å². The van der Waals surface area contributed by atoms with Gasteiger partial charge in [0.05, 0.1) is 4.90 Å². The number of hydrogen-bond acceptors (Lipinski definition) is 3. The predicted octanol–water partition coefficient (Wildman–Crippen LogP) is 1.80. The number of rotatable bonds is 7. The molecule has 0 aliphatic rings. The van der Waals surface area contributed by atoms with Gasteiger partial charge in [0.25, 0.3) is 5.91 Å². The third-order valence-corrected chi connectivity index (χ3v) is 4.76. The maximum absolute atomic E-state index is 12.1. The van der Waals surface area contributed by atoms with Crippen LogP contribution in [-0.4, -0.2) is 26.5 Å². The standard InChI is InChI=1S/C16H25N3O3S/c1-4-6-7-8-12-9-11(5-2)13(15(20)19-16(17)18)10-14(12)23(3,21)22/h9-10H,4-8H2,1-3H3,(H4,17,18,19,20). The van der Waals surface area contributed by atoms with Crippen LogP contribution < -0.4 is 11.5 Å². The number of nitrogens with two attached hydrogens (primary N) is 2. The number of aryl methyl sites for hydroxylation is 2. The molecular weight excluding hydrogens is 314 g/mol. The lowest BCUT2D eigenvalue weighted by Crippen LogP contribution is -2.24. The first kappa shape index (κ1) is 19.2. The molecule has 0 aliphatic carbocycles. The molecule has 1 aromatic rings. The molecule has 0 unspecified atom stereocenters. The van der Waals surface area contributed by atoms with Gasteiger partial charge in [-0.15, -0.1) is 0 Å². The summed E-state index contributed by atoms with van der Waals surface area (Å²) < 4.78 is 24.2. The third kappa shape index (κ3) is 5.35. The minimum Gasteiger partial charge on any atom is -0.370 e. The lowest BCUT2D eigenvalue weighted by molar-refractivity contribution is 0.100. The van der Waals surface area contributed by atoms with Crippen molar-refractivity contribution in [2.45, 2.75) is 50.8 Å². The Kier molecular flexibility index (Phi) is 6.75. The Morgan fingerprint density at radius 3 is 2.26 bits per heavy atom. The molecule has 23 heavy (non-hydrogen) atoms. The van der Waals surface area contributed by atoms with Crippen LogP contribution in [0, 0.1) is 0 Å². The van der Waals surface area contributed by atoms with E-state index in [4.69, 9.17) is 11.5 Å². The van der Waals surface area contributed by atoms with Gasteiger partial charge in [-0.25, -0.2) is 8.42 Å². The van der Waals surface area contributed by atoms with Crippen LogP contribution in [0.1, 0.15) is 54.6 Å². The van der Waals surface area contributed by atoms with E-state index in [1.165, 1.54) is 6.07 Å². The molecule has 0 fully saturated rings. The first-order valence-electron chi connectivity index (χ1n) is 7.70. The van der Waals surface area contributed by atoms with E-state index in [1.807, 2.05) is 6.92 Å². The van der Waals surface area contributed by atoms with Gasteiger partial charge in [-0.05, 0) is 36.5 Å². The highest BCUT2D eigenvalue weighted by Gasteiger charge is 2.20. The first-order valence-corrected chi connectivity index (χ1v) is 9.59. The number of carbonyl (C=O) groups excluding carboxylic acids is 1. The van der Waals surface area contributed by atoms with Crippen molar-refractivity contribution in [1.29, 1.82) is 0 Å². The van der Waals surface area contributed by atoms with Gasteiger partial charge in [0.2, 0.25) is 0 Å². The lowest BCUT2D eigenvalue weighted by atomic mass is 9.98. The molecule has 0 saturated carbocycles. The summed E-state index contributed by atoms with van der Waals surface area (Å²) in [5.74, 6) is -0.961. The number of amides is 1. The van der Waals surface area contributed by atoms with Gasteiger partial charge in [0, 0.05) is 11.8 Å². The van der Waals surface area contributed by atoms with E-state index in [2.05, 4.69) is 11.9 Å². The van der Waals surface area contributed by atoms with Crippen molar-refractivity contribution >= 4 is 21.7 Å². The van der Waals surface area contributed by atoms with Gasteiger partial charge in [-0.3, -0.25) is 4.79 Å². The van der Waals surface area contributed by atoms with Gasteiger partial charge < -0.3 is 11.5 Å². The Hall–Kier alpha value is -1.89. The van der Waals surface area contributed by atoms with Crippen molar-refractivity contribution in [2.75, 3.05) is 6.26 Å². The summed E-state index contributed by atoms with van der Waals surface area (Å²) in [7, 11) is -3.44. The molecule has 6 nitrogen and oxygen atoms in total. The van der Waals surface area contributed by atoms with Crippen LogP contribution in [0.5, 0.6) is 0 Å². The zero-order valence-corrected chi connectivity index (χ0v) is 14.7.